The molecule has 1 nitrogen and oxygen atoms in total. The van der Waals surface area contributed by atoms with Gasteiger partial charge in [-0.3, -0.25) is 4.98 Å². The summed E-state index contributed by atoms with van der Waals surface area (Å²) >= 11 is 0. The molecule has 62 valence electrons. The van der Waals surface area contributed by atoms with Crippen molar-refractivity contribution in [2.45, 2.75) is 27.7 Å². The molecule has 1 aromatic rings. The van der Waals surface area contributed by atoms with Gasteiger partial charge in [0.15, 0.2) is 0 Å². The van der Waals surface area contributed by atoms with Gasteiger partial charge in [0.05, 0.1) is 0 Å². The predicted molar refractivity (Wildman–Crippen MR) is 49.4 cm³/mol. The molecule has 0 saturated heterocycles. The van der Waals surface area contributed by atoms with E-state index in [1.807, 2.05) is 18.2 Å². The molecule has 11 heavy (non-hydrogen) atoms. The fourth-order valence-corrected chi connectivity index (χ4v) is 0.313. The van der Waals surface area contributed by atoms with Crippen molar-refractivity contribution in [2.75, 3.05) is 0 Å². The number of hydrogen-bond acceptors (Lipinski definition) is 1. The maximum Gasteiger partial charge on any atom is 0.0267 e. The van der Waals surface area contributed by atoms with Crippen LogP contribution in [0.2, 0.25) is 0 Å². The van der Waals surface area contributed by atoms with E-state index >= 15 is 0 Å². The van der Waals surface area contributed by atoms with Crippen molar-refractivity contribution < 1.29 is 0 Å². The highest BCUT2D eigenvalue weighted by Crippen LogP contribution is 2.07. The maximum absolute atomic E-state index is 3.78. The molecule has 1 aromatic heterocycles. The van der Waals surface area contributed by atoms with Gasteiger partial charge in [-0.25, -0.2) is 0 Å². The summed E-state index contributed by atoms with van der Waals surface area (Å²) in [7, 11) is 0. The Balaban J connectivity index is 0.000000187. The monoisotopic (exact) mass is 151 g/mol. The minimum Gasteiger partial charge on any atom is -0.265 e. The molecular formula is C10H17N. The molecular weight excluding hydrogens is 134 g/mol. The van der Waals surface area contributed by atoms with Crippen molar-refractivity contribution in [3.05, 3.63) is 30.6 Å². The summed E-state index contributed by atoms with van der Waals surface area (Å²) in [6.45, 7) is 8.75. The van der Waals surface area contributed by atoms with Crippen molar-refractivity contribution in [3.63, 3.8) is 0 Å². The molecule has 0 spiro atoms. The molecule has 0 fully saturated rings. The van der Waals surface area contributed by atoms with Crippen LogP contribution in [0.5, 0.6) is 0 Å². The topological polar surface area (TPSA) is 12.9 Å². The average Bonchev–Trinajstić information content (AvgIpc) is 1.88. The van der Waals surface area contributed by atoms with E-state index in [-0.39, 0.29) is 0 Å². The van der Waals surface area contributed by atoms with Crippen LogP contribution in [-0.2, 0) is 0 Å². The zero-order chi connectivity index (χ0) is 8.74. The van der Waals surface area contributed by atoms with Crippen LogP contribution in [0.15, 0.2) is 30.6 Å². The first-order chi connectivity index (χ1) is 5.00. The zero-order valence-electron chi connectivity index (χ0n) is 7.83. The summed E-state index contributed by atoms with van der Waals surface area (Å²) in [5.41, 5.74) is 0.500. The predicted octanol–water partition coefficient (Wildman–Crippen LogP) is 3.13. The van der Waals surface area contributed by atoms with Gasteiger partial charge in [0, 0.05) is 12.4 Å². The van der Waals surface area contributed by atoms with Crippen molar-refractivity contribution in [1.82, 2.24) is 4.98 Å². The molecule has 0 aliphatic rings. The van der Waals surface area contributed by atoms with Crippen LogP contribution in [0.25, 0.3) is 0 Å². The molecule has 0 amide bonds. The Labute approximate surface area is 69.5 Å². The van der Waals surface area contributed by atoms with Gasteiger partial charge in [-0.2, -0.15) is 0 Å². The second-order valence-corrected chi connectivity index (χ2v) is 4.02. The number of hydrogen-bond donors (Lipinski definition) is 0. The van der Waals surface area contributed by atoms with Crippen LogP contribution >= 0.6 is 0 Å². The van der Waals surface area contributed by atoms with E-state index in [0.717, 1.165) is 0 Å². The second-order valence-electron chi connectivity index (χ2n) is 4.02. The van der Waals surface area contributed by atoms with Crippen molar-refractivity contribution in [3.8, 4) is 0 Å². The Bertz CT molecular complexity index is 129. The van der Waals surface area contributed by atoms with Gasteiger partial charge in [-0.15, -0.1) is 0 Å². The van der Waals surface area contributed by atoms with Gasteiger partial charge in [-0.1, -0.05) is 33.8 Å². The normalized spacial score (nSPS) is 9.82. The number of pyridine rings is 1. The quantitative estimate of drug-likeness (QED) is 0.555. The van der Waals surface area contributed by atoms with Gasteiger partial charge in [-0.05, 0) is 17.5 Å². The second kappa shape index (κ2) is 4.89. The SMILES string of the molecule is CC(C)(C)C.c1ccncc1. The summed E-state index contributed by atoms with van der Waals surface area (Å²) in [5, 5.41) is 0. The molecule has 1 rings (SSSR count). The number of rotatable bonds is 0. The van der Waals surface area contributed by atoms with Gasteiger partial charge in [0.1, 0.15) is 0 Å². The van der Waals surface area contributed by atoms with Crippen LogP contribution in [0.3, 0.4) is 0 Å². The van der Waals surface area contributed by atoms with Crippen LogP contribution in [0, 0.1) is 5.41 Å². The van der Waals surface area contributed by atoms with Crippen LogP contribution in [0.1, 0.15) is 27.7 Å². The van der Waals surface area contributed by atoms with Crippen LogP contribution in [0.4, 0.5) is 0 Å². The largest absolute Gasteiger partial charge is 0.265 e. The van der Waals surface area contributed by atoms with Gasteiger partial charge in [0.2, 0.25) is 0 Å². The number of nitrogens with zero attached hydrogens (tertiary/aromatic N) is 1. The lowest BCUT2D eigenvalue weighted by atomic mass is 10.0. The minimum atomic E-state index is 0.500. The smallest absolute Gasteiger partial charge is 0.0267 e. The molecule has 0 aliphatic heterocycles. The van der Waals surface area contributed by atoms with Crippen LogP contribution < -0.4 is 0 Å². The van der Waals surface area contributed by atoms with E-state index in [1.54, 1.807) is 12.4 Å². The summed E-state index contributed by atoms with van der Waals surface area (Å²) in [6, 6.07) is 5.72. The third-order valence-corrected chi connectivity index (χ3v) is 0.566. The van der Waals surface area contributed by atoms with Gasteiger partial charge >= 0.3 is 0 Å². The van der Waals surface area contributed by atoms with E-state index in [2.05, 4.69) is 32.7 Å². The Morgan fingerprint density at radius 3 is 1.27 bits per heavy atom. The van der Waals surface area contributed by atoms with Gasteiger partial charge < -0.3 is 0 Å². The zero-order valence-corrected chi connectivity index (χ0v) is 7.83. The van der Waals surface area contributed by atoms with E-state index < -0.39 is 0 Å². The van der Waals surface area contributed by atoms with Crippen molar-refractivity contribution in [2.24, 2.45) is 5.41 Å². The van der Waals surface area contributed by atoms with Gasteiger partial charge in [0.25, 0.3) is 0 Å². The Morgan fingerprint density at radius 1 is 0.818 bits per heavy atom. The first-order valence-electron chi connectivity index (χ1n) is 3.85. The summed E-state index contributed by atoms with van der Waals surface area (Å²) in [4.78, 5) is 3.78. The lowest BCUT2D eigenvalue weighted by molar-refractivity contribution is 0.469. The van der Waals surface area contributed by atoms with Crippen molar-refractivity contribution in [1.29, 1.82) is 0 Å². The van der Waals surface area contributed by atoms with Crippen molar-refractivity contribution >= 4 is 0 Å². The van der Waals surface area contributed by atoms with E-state index in [0.29, 0.717) is 5.41 Å². The lowest BCUT2D eigenvalue weighted by Gasteiger charge is -2.05. The first kappa shape index (κ1) is 10.2. The molecule has 0 saturated carbocycles. The molecule has 1 heterocycles. The molecule has 0 radical (unpaired) electrons. The standard InChI is InChI=1S/C5H5N.C5H12/c1-2-4-6-5-3-1;1-5(2,3)4/h1-5H;1-4H3. The third-order valence-electron chi connectivity index (χ3n) is 0.566. The first-order valence-corrected chi connectivity index (χ1v) is 3.85. The van der Waals surface area contributed by atoms with E-state index in [9.17, 15) is 0 Å². The molecule has 0 N–H and O–H groups in total. The lowest BCUT2D eigenvalue weighted by Crippen LogP contribution is -1.93. The Morgan fingerprint density at radius 2 is 1.18 bits per heavy atom. The highest BCUT2D eigenvalue weighted by Gasteiger charge is 1.95. The Hall–Kier alpha value is -0.850. The molecule has 1 heteroatoms. The Kier molecular flexibility index (Phi) is 4.51. The van der Waals surface area contributed by atoms with Crippen LogP contribution in [-0.4, -0.2) is 4.98 Å². The fraction of sp³-hybridized carbons (Fsp3) is 0.500. The van der Waals surface area contributed by atoms with E-state index in [4.69, 9.17) is 0 Å². The highest BCUT2D eigenvalue weighted by atomic mass is 14.6. The summed E-state index contributed by atoms with van der Waals surface area (Å²) in [6.07, 6.45) is 3.50. The molecule has 0 atom stereocenters. The molecule has 0 bridgehead atoms. The minimum absolute atomic E-state index is 0.500. The number of aromatic nitrogens is 1. The molecule has 0 unspecified atom stereocenters. The molecule has 0 aliphatic carbocycles. The summed E-state index contributed by atoms with van der Waals surface area (Å²) in [5.74, 6) is 0. The summed E-state index contributed by atoms with van der Waals surface area (Å²) < 4.78 is 0. The molecule has 0 aromatic carbocycles. The van der Waals surface area contributed by atoms with E-state index in [1.165, 1.54) is 0 Å². The average molecular weight is 151 g/mol. The third kappa shape index (κ3) is 17.6. The fourth-order valence-electron chi connectivity index (χ4n) is 0.313. The highest BCUT2D eigenvalue weighted by molar-refractivity contribution is 4.88. The maximum atomic E-state index is 3.78.